The topological polar surface area (TPSA) is 117 Å². The Kier molecular flexibility index (Phi) is 9.48. The number of nitrogens with two attached hydrogens (primary N) is 1. The van der Waals surface area contributed by atoms with E-state index >= 15 is 4.39 Å². The second kappa shape index (κ2) is 12.8. The monoisotopic (exact) mass is 627 g/mol. The molecule has 3 unspecified atom stereocenters. The third-order valence-corrected chi connectivity index (χ3v) is 11.2. The van der Waals surface area contributed by atoms with Gasteiger partial charge in [-0.25, -0.2) is 21.6 Å². The molecule has 2 bridgehead atoms. The smallest absolute Gasteiger partial charge is 0.248 e. The number of benzene rings is 1. The van der Waals surface area contributed by atoms with Crippen molar-refractivity contribution in [1.82, 2.24) is 14.6 Å². The van der Waals surface area contributed by atoms with Crippen molar-refractivity contribution in [2.24, 2.45) is 11.7 Å². The molecule has 1 aliphatic carbocycles. The van der Waals surface area contributed by atoms with E-state index in [2.05, 4.69) is 15.6 Å². The number of pyridine rings is 1. The number of aromatic nitrogens is 1. The lowest BCUT2D eigenvalue weighted by Crippen LogP contribution is -2.57. The Morgan fingerprint density at radius 3 is 2.62 bits per heavy atom. The normalized spacial score (nSPS) is 27.0. The number of hydrogen-bond acceptors (Lipinski definition) is 6. The molecule has 3 aliphatic rings. The van der Waals surface area contributed by atoms with Crippen LogP contribution in [0.25, 0.3) is 0 Å². The minimum absolute atomic E-state index is 0.0952. The van der Waals surface area contributed by atoms with Crippen molar-refractivity contribution in [3.63, 3.8) is 0 Å². The van der Waals surface area contributed by atoms with Crippen molar-refractivity contribution in [1.29, 1.82) is 0 Å². The molecular weight excluding hydrogens is 591 g/mol. The molecule has 230 valence electrons. The number of anilines is 1. The Morgan fingerprint density at radius 1 is 1.19 bits per heavy atom. The third-order valence-electron chi connectivity index (χ3n) is 8.97. The van der Waals surface area contributed by atoms with E-state index in [1.54, 1.807) is 28.6 Å². The number of piperazine rings is 1. The van der Waals surface area contributed by atoms with E-state index in [1.807, 2.05) is 0 Å². The summed E-state index contributed by atoms with van der Waals surface area (Å²) in [6.45, 7) is 0.857. The van der Waals surface area contributed by atoms with Crippen molar-refractivity contribution in [3.05, 3.63) is 58.6 Å². The highest BCUT2D eigenvalue weighted by Crippen LogP contribution is 2.43. The van der Waals surface area contributed by atoms with Crippen LogP contribution in [0.1, 0.15) is 62.0 Å². The van der Waals surface area contributed by atoms with E-state index in [-0.39, 0.29) is 67.1 Å². The molecule has 5 atom stereocenters. The van der Waals surface area contributed by atoms with Gasteiger partial charge in [-0.2, -0.15) is 4.31 Å². The van der Waals surface area contributed by atoms with E-state index < -0.39 is 39.6 Å². The molecule has 8 nitrogen and oxygen atoms in total. The molecule has 2 saturated heterocycles. The van der Waals surface area contributed by atoms with E-state index in [0.29, 0.717) is 31.0 Å². The summed E-state index contributed by atoms with van der Waals surface area (Å²) >= 11 is 6.07. The molecule has 2 aliphatic heterocycles. The van der Waals surface area contributed by atoms with Gasteiger partial charge in [-0.1, -0.05) is 23.7 Å². The third kappa shape index (κ3) is 7.10. The van der Waals surface area contributed by atoms with Crippen LogP contribution in [-0.4, -0.2) is 66.5 Å². The number of carbonyl (C=O) groups is 1. The first-order chi connectivity index (χ1) is 19.9. The Morgan fingerprint density at radius 2 is 1.90 bits per heavy atom. The number of alkyl halides is 2. The SMILES string of the molecule is NC(C(=O)Nc1cncc(F)c1CC[C@H]1CN[C@@H]2CCCS(=O)(=O)N1C2)C(c1ccc(Cl)cc1)C1CCC(F)(F)CC1. The number of halogens is 4. The molecule has 42 heavy (non-hydrogen) atoms. The zero-order valence-corrected chi connectivity index (χ0v) is 24.8. The molecule has 1 aromatic carbocycles. The van der Waals surface area contributed by atoms with Crippen molar-refractivity contribution in [2.45, 2.75) is 81.3 Å². The summed E-state index contributed by atoms with van der Waals surface area (Å²) in [7, 11) is -3.41. The summed E-state index contributed by atoms with van der Waals surface area (Å²) in [5.74, 6) is -4.66. The van der Waals surface area contributed by atoms with Crippen LogP contribution in [0.2, 0.25) is 5.02 Å². The molecule has 0 radical (unpaired) electrons. The van der Waals surface area contributed by atoms with Crippen LogP contribution in [0.4, 0.5) is 18.9 Å². The first-order valence-electron chi connectivity index (χ1n) is 14.5. The average molecular weight is 628 g/mol. The number of amides is 1. The highest BCUT2D eigenvalue weighted by molar-refractivity contribution is 7.89. The molecule has 1 amide bonds. The predicted octanol–water partition coefficient (Wildman–Crippen LogP) is 4.45. The number of fused-ring (bicyclic) bond motifs is 2. The molecule has 1 aromatic heterocycles. The van der Waals surface area contributed by atoms with Gasteiger partial charge in [0.25, 0.3) is 0 Å². The fourth-order valence-corrected chi connectivity index (χ4v) is 8.57. The van der Waals surface area contributed by atoms with Gasteiger partial charge in [0, 0.05) is 54.5 Å². The minimum atomic E-state index is -3.41. The van der Waals surface area contributed by atoms with Crippen LogP contribution in [0.5, 0.6) is 0 Å². The molecule has 2 aromatic rings. The minimum Gasteiger partial charge on any atom is -0.323 e. The summed E-state index contributed by atoms with van der Waals surface area (Å²) < 4.78 is 70.2. The van der Waals surface area contributed by atoms with Crippen LogP contribution < -0.4 is 16.4 Å². The van der Waals surface area contributed by atoms with Gasteiger partial charge in [-0.05, 0) is 62.1 Å². The molecule has 3 heterocycles. The number of carbonyl (C=O) groups excluding carboxylic acids is 1. The second-order valence-corrected chi connectivity index (χ2v) is 14.2. The van der Waals surface area contributed by atoms with Crippen LogP contribution >= 0.6 is 11.6 Å². The van der Waals surface area contributed by atoms with Crippen LogP contribution in [0, 0.1) is 11.7 Å². The number of rotatable bonds is 8. The fourth-order valence-electron chi connectivity index (χ4n) is 6.64. The molecule has 4 N–H and O–H groups in total. The van der Waals surface area contributed by atoms with Crippen molar-refractivity contribution in [2.75, 3.05) is 24.2 Å². The van der Waals surface area contributed by atoms with Crippen LogP contribution in [0.15, 0.2) is 36.7 Å². The lowest BCUT2D eigenvalue weighted by Gasteiger charge is -2.37. The summed E-state index contributed by atoms with van der Waals surface area (Å²) in [4.78, 5) is 17.4. The van der Waals surface area contributed by atoms with Gasteiger partial charge in [0.1, 0.15) is 5.82 Å². The van der Waals surface area contributed by atoms with Crippen molar-refractivity contribution < 1.29 is 26.4 Å². The highest BCUT2D eigenvalue weighted by atomic mass is 35.5. The highest BCUT2D eigenvalue weighted by Gasteiger charge is 2.42. The van der Waals surface area contributed by atoms with Crippen LogP contribution in [-0.2, 0) is 21.2 Å². The van der Waals surface area contributed by atoms with E-state index in [9.17, 15) is 22.0 Å². The molecular formula is C29H37ClF3N5O3S. The number of hydrogen-bond donors (Lipinski definition) is 3. The zero-order valence-electron chi connectivity index (χ0n) is 23.2. The van der Waals surface area contributed by atoms with Gasteiger partial charge < -0.3 is 16.4 Å². The summed E-state index contributed by atoms with van der Waals surface area (Å²) in [6, 6.07) is 5.50. The Labute approximate surface area is 249 Å². The largest absolute Gasteiger partial charge is 0.323 e. The van der Waals surface area contributed by atoms with E-state index in [1.165, 1.54) is 6.20 Å². The Balaban J connectivity index is 1.33. The van der Waals surface area contributed by atoms with Gasteiger partial charge in [0.2, 0.25) is 21.9 Å². The van der Waals surface area contributed by atoms with E-state index in [0.717, 1.165) is 18.2 Å². The molecule has 0 spiro atoms. The maximum absolute atomic E-state index is 15.1. The standard InChI is InChI=1S/C29H37ClF3N5O3S/c30-20-5-3-18(4-6-20)26(19-9-11-29(32,33)12-10-19)27(34)28(39)37-25-16-35-15-24(31)23(25)8-7-22-14-36-21-2-1-13-42(40,41)38(22)17-21/h3-6,15-16,19,21-22,26-27,36H,1-2,7-14,17,34H2,(H,37,39)/t21-,22+,26?,27?/m1/s1. The molecule has 3 fully saturated rings. The van der Waals surface area contributed by atoms with Crippen molar-refractivity contribution in [3.8, 4) is 0 Å². The lowest BCUT2D eigenvalue weighted by molar-refractivity contribution is -0.118. The zero-order chi connectivity index (χ0) is 30.1. The van der Waals surface area contributed by atoms with E-state index in [4.69, 9.17) is 17.3 Å². The average Bonchev–Trinajstić information content (AvgIpc) is 3.06. The first-order valence-corrected chi connectivity index (χ1v) is 16.5. The van der Waals surface area contributed by atoms with Gasteiger partial charge in [-0.15, -0.1) is 0 Å². The molecule has 1 saturated carbocycles. The lowest BCUT2D eigenvalue weighted by atomic mass is 9.72. The number of nitrogens with one attached hydrogen (secondary N) is 2. The second-order valence-electron chi connectivity index (χ2n) is 11.8. The maximum Gasteiger partial charge on any atom is 0.248 e. The van der Waals surface area contributed by atoms with Gasteiger partial charge in [-0.3, -0.25) is 9.78 Å². The quantitative estimate of drug-likeness (QED) is 0.398. The first kappa shape index (κ1) is 31.2. The Hall–Kier alpha value is -2.25. The summed E-state index contributed by atoms with van der Waals surface area (Å²) in [5, 5.41) is 6.64. The van der Waals surface area contributed by atoms with Gasteiger partial charge in [0.15, 0.2) is 0 Å². The van der Waals surface area contributed by atoms with Crippen molar-refractivity contribution >= 4 is 33.2 Å². The number of nitrogens with zero attached hydrogens (tertiary/aromatic N) is 2. The number of sulfonamides is 1. The van der Waals surface area contributed by atoms with Gasteiger partial charge in [0.05, 0.1) is 29.9 Å². The van der Waals surface area contributed by atoms with Gasteiger partial charge >= 0.3 is 0 Å². The van der Waals surface area contributed by atoms with Crippen LogP contribution in [0.3, 0.4) is 0 Å². The fraction of sp³-hybridized carbons (Fsp3) is 0.586. The predicted molar refractivity (Wildman–Crippen MR) is 156 cm³/mol. The summed E-state index contributed by atoms with van der Waals surface area (Å²) in [5.41, 5.74) is 7.61. The molecule has 5 rings (SSSR count). The molecule has 13 heteroatoms. The maximum atomic E-state index is 15.1. The Bertz CT molecular complexity index is 1370. The summed E-state index contributed by atoms with van der Waals surface area (Å²) in [6.07, 6.45) is 4.17.